The van der Waals surface area contributed by atoms with E-state index in [0.29, 0.717) is 30.2 Å². The summed E-state index contributed by atoms with van der Waals surface area (Å²) in [6.45, 7) is 1.09. The molecule has 0 aliphatic heterocycles. The first-order chi connectivity index (χ1) is 17.8. The molecule has 4 rings (SSSR count). The van der Waals surface area contributed by atoms with E-state index < -0.39 is 18.3 Å². The Labute approximate surface area is 213 Å². The lowest BCUT2D eigenvalue weighted by molar-refractivity contribution is -0.253. The first kappa shape index (κ1) is 26.5. The fourth-order valence-corrected chi connectivity index (χ4v) is 3.59. The van der Waals surface area contributed by atoms with Crippen LogP contribution in [0.25, 0.3) is 11.0 Å². The molecule has 0 fully saturated rings. The van der Waals surface area contributed by atoms with Crippen molar-refractivity contribution < 1.29 is 36.9 Å². The van der Waals surface area contributed by atoms with Crippen LogP contribution in [0, 0.1) is 0 Å². The predicted molar refractivity (Wildman–Crippen MR) is 128 cm³/mol. The molecule has 2 heterocycles. The lowest BCUT2D eigenvalue weighted by Crippen LogP contribution is -2.33. The molecule has 0 aliphatic rings. The van der Waals surface area contributed by atoms with Gasteiger partial charge in [-0.3, -0.25) is 0 Å². The fourth-order valence-electron chi connectivity index (χ4n) is 3.37. The van der Waals surface area contributed by atoms with Crippen LogP contribution in [0.15, 0.2) is 61.1 Å². The van der Waals surface area contributed by atoms with E-state index in [1.165, 1.54) is 18.5 Å². The van der Waals surface area contributed by atoms with Gasteiger partial charge in [0.05, 0.1) is 30.4 Å². The molecule has 0 unspecified atom stereocenters. The summed E-state index contributed by atoms with van der Waals surface area (Å²) >= 11 is 6.37. The third-order valence-electron chi connectivity index (χ3n) is 5.00. The van der Waals surface area contributed by atoms with Crippen molar-refractivity contribution in [2.75, 3.05) is 25.1 Å². The van der Waals surface area contributed by atoms with Crippen LogP contribution in [0.2, 0.25) is 5.02 Å². The number of hydrogen-bond donors (Lipinski definition) is 2. The molecule has 0 atom stereocenters. The summed E-state index contributed by atoms with van der Waals surface area (Å²) in [4.78, 5) is 8.59. The molecule has 8 nitrogen and oxygen atoms in total. The van der Waals surface area contributed by atoms with Gasteiger partial charge in [0.25, 0.3) is 0 Å². The highest BCUT2D eigenvalue weighted by atomic mass is 35.5. The Hall–Kier alpha value is -3.61. The molecule has 37 heavy (non-hydrogen) atoms. The van der Waals surface area contributed by atoms with E-state index in [4.69, 9.17) is 26.2 Å². The van der Waals surface area contributed by atoms with Crippen LogP contribution in [0.3, 0.4) is 0 Å². The summed E-state index contributed by atoms with van der Waals surface area (Å²) in [5.41, 5.74) is 2.03. The first-order valence-corrected chi connectivity index (χ1v) is 11.3. The highest BCUT2D eigenvalue weighted by Crippen LogP contribution is 2.35. The van der Waals surface area contributed by atoms with E-state index in [0.717, 1.165) is 17.6 Å². The number of rotatable bonds is 12. The Balaban J connectivity index is 1.49. The maximum Gasteiger partial charge on any atom is 0.461 e. The van der Waals surface area contributed by atoms with Crippen molar-refractivity contribution in [3.05, 3.63) is 66.1 Å². The van der Waals surface area contributed by atoms with E-state index in [-0.39, 0.29) is 29.7 Å². The van der Waals surface area contributed by atoms with E-state index in [1.54, 1.807) is 18.2 Å². The zero-order chi connectivity index (χ0) is 26.4. The number of aliphatic hydroxyl groups is 1. The van der Waals surface area contributed by atoms with Crippen molar-refractivity contribution in [2.24, 2.45) is 0 Å². The second-order valence-electron chi connectivity index (χ2n) is 7.61. The number of alkyl halides is 4. The van der Waals surface area contributed by atoms with Crippen LogP contribution in [-0.4, -0.2) is 52.0 Å². The minimum atomic E-state index is -4.64. The first-order valence-electron chi connectivity index (χ1n) is 10.9. The average molecular weight is 541 g/mol. The van der Waals surface area contributed by atoms with Gasteiger partial charge in [-0.15, -0.1) is 0 Å². The van der Waals surface area contributed by atoms with Gasteiger partial charge in [0, 0.05) is 24.5 Å². The summed E-state index contributed by atoms with van der Waals surface area (Å²) in [7, 11) is 0. The third-order valence-corrected chi connectivity index (χ3v) is 5.29. The number of nitrogens with zero attached hydrogens (tertiary/aromatic N) is 3. The Morgan fingerprint density at radius 1 is 1.05 bits per heavy atom. The Morgan fingerprint density at radius 3 is 2.62 bits per heavy atom. The smallest absolute Gasteiger partial charge is 0.456 e. The monoisotopic (exact) mass is 540 g/mol. The molecule has 0 radical (unpaired) electrons. The maximum atomic E-state index is 13.2. The largest absolute Gasteiger partial charge is 0.461 e. The van der Waals surface area contributed by atoms with Gasteiger partial charge in [0.2, 0.25) is 0 Å². The molecule has 0 saturated heterocycles. The van der Waals surface area contributed by atoms with Crippen LogP contribution in [0.4, 0.5) is 29.1 Å². The second-order valence-corrected chi connectivity index (χ2v) is 8.02. The van der Waals surface area contributed by atoms with Gasteiger partial charge in [-0.05, 0) is 36.4 Å². The van der Waals surface area contributed by atoms with E-state index in [2.05, 4.69) is 20.0 Å². The van der Waals surface area contributed by atoms with Crippen molar-refractivity contribution in [3.63, 3.8) is 0 Å². The fraction of sp³-hybridized carbons (Fsp3) is 0.250. The molecule has 2 aromatic heterocycles. The SMILES string of the molecule is OCCOCCn1ccc2ncnc(Nc3ccc(Oc4cccc(OC(F)(F)C(F)F)c4)c(Cl)c3)c21. The Kier molecular flexibility index (Phi) is 8.31. The molecule has 0 bridgehead atoms. The topological polar surface area (TPSA) is 90.7 Å². The molecule has 2 aromatic carbocycles. The molecule has 4 aromatic rings. The number of ether oxygens (including phenoxy) is 3. The molecule has 0 spiro atoms. The Morgan fingerprint density at radius 2 is 1.86 bits per heavy atom. The van der Waals surface area contributed by atoms with Crippen LogP contribution in [0.1, 0.15) is 0 Å². The van der Waals surface area contributed by atoms with Crippen LogP contribution < -0.4 is 14.8 Å². The number of fused-ring (bicyclic) bond motifs is 1. The molecule has 0 amide bonds. The van der Waals surface area contributed by atoms with Gasteiger partial charge in [-0.1, -0.05) is 17.7 Å². The molecular formula is C24H21ClF4N4O4. The molecule has 196 valence electrons. The molecule has 0 saturated carbocycles. The summed E-state index contributed by atoms with van der Waals surface area (Å²) < 4.78 is 68.2. The van der Waals surface area contributed by atoms with Crippen LogP contribution in [0.5, 0.6) is 17.2 Å². The zero-order valence-electron chi connectivity index (χ0n) is 19.1. The normalized spacial score (nSPS) is 11.8. The minimum absolute atomic E-state index is 0.0589. The van der Waals surface area contributed by atoms with Gasteiger partial charge >= 0.3 is 12.5 Å². The van der Waals surface area contributed by atoms with E-state index in [9.17, 15) is 17.6 Å². The number of anilines is 2. The predicted octanol–water partition coefficient (Wildman–Crippen LogP) is 5.87. The van der Waals surface area contributed by atoms with Crippen molar-refractivity contribution in [1.29, 1.82) is 0 Å². The number of aromatic nitrogens is 3. The lowest BCUT2D eigenvalue weighted by atomic mass is 10.2. The summed E-state index contributed by atoms with van der Waals surface area (Å²) in [6, 6.07) is 11.5. The molecule has 0 aliphatic carbocycles. The standard InChI is InChI=1S/C24H21ClF4N4O4/c25-18-12-15(32-22-21-19(30-14-31-22)6-7-33(21)8-10-35-11-9-34)4-5-20(18)36-16-2-1-3-17(13-16)37-24(28,29)23(26)27/h1-7,12-14,23,34H,8-11H2,(H,30,31,32). The van der Waals surface area contributed by atoms with Crippen LogP contribution >= 0.6 is 11.6 Å². The van der Waals surface area contributed by atoms with Crippen molar-refractivity contribution >= 4 is 34.1 Å². The van der Waals surface area contributed by atoms with Gasteiger partial charge in [0.15, 0.2) is 5.82 Å². The van der Waals surface area contributed by atoms with Gasteiger partial charge in [-0.2, -0.15) is 17.6 Å². The van der Waals surface area contributed by atoms with Gasteiger partial charge in [-0.25, -0.2) is 9.97 Å². The quantitative estimate of drug-likeness (QED) is 0.172. The number of hydrogen-bond acceptors (Lipinski definition) is 7. The van der Waals surface area contributed by atoms with Crippen molar-refractivity contribution in [3.8, 4) is 17.2 Å². The van der Waals surface area contributed by atoms with Gasteiger partial charge in [0.1, 0.15) is 29.1 Å². The second kappa shape index (κ2) is 11.6. The molecule has 13 heteroatoms. The summed E-state index contributed by atoms with van der Waals surface area (Å²) in [5.74, 6) is 0.285. The number of aliphatic hydroxyl groups excluding tert-OH is 1. The number of nitrogens with one attached hydrogen (secondary N) is 1. The van der Waals surface area contributed by atoms with Crippen molar-refractivity contribution in [1.82, 2.24) is 14.5 Å². The summed E-state index contributed by atoms with van der Waals surface area (Å²) in [5, 5.41) is 12.2. The van der Waals surface area contributed by atoms with Crippen LogP contribution in [-0.2, 0) is 11.3 Å². The summed E-state index contributed by atoms with van der Waals surface area (Å²) in [6.07, 6.45) is -5.35. The highest BCUT2D eigenvalue weighted by molar-refractivity contribution is 6.32. The lowest BCUT2D eigenvalue weighted by Gasteiger charge is -2.17. The number of benzene rings is 2. The maximum absolute atomic E-state index is 13.2. The van der Waals surface area contributed by atoms with E-state index >= 15 is 0 Å². The highest BCUT2D eigenvalue weighted by Gasteiger charge is 2.44. The van der Waals surface area contributed by atoms with Crippen molar-refractivity contribution in [2.45, 2.75) is 19.1 Å². The zero-order valence-corrected chi connectivity index (χ0v) is 19.8. The Bertz CT molecular complexity index is 1360. The number of halogens is 5. The van der Waals surface area contributed by atoms with Gasteiger partial charge < -0.3 is 29.2 Å². The van der Waals surface area contributed by atoms with E-state index in [1.807, 2.05) is 16.8 Å². The minimum Gasteiger partial charge on any atom is -0.456 e. The average Bonchev–Trinajstić information content (AvgIpc) is 3.27. The molecular weight excluding hydrogens is 520 g/mol. The molecule has 2 N–H and O–H groups in total. The third kappa shape index (κ3) is 6.59.